The van der Waals surface area contributed by atoms with Gasteiger partial charge in [0, 0.05) is 5.56 Å². The highest BCUT2D eigenvalue weighted by Crippen LogP contribution is 2.32. The normalized spacial score (nSPS) is 11.2. The van der Waals surface area contributed by atoms with Crippen molar-refractivity contribution in [1.82, 2.24) is 4.98 Å². The van der Waals surface area contributed by atoms with Gasteiger partial charge in [-0.25, -0.2) is 4.98 Å². The largest absolute Gasteiger partial charge is 0.573 e. The van der Waals surface area contributed by atoms with Gasteiger partial charge in [-0.05, 0) is 24.3 Å². The van der Waals surface area contributed by atoms with E-state index in [4.69, 9.17) is 0 Å². The van der Waals surface area contributed by atoms with Gasteiger partial charge in [0.25, 0.3) is 0 Å². The fraction of sp³-hybridized carbons (Fsp3) is 0.0833. The summed E-state index contributed by atoms with van der Waals surface area (Å²) in [6.07, 6.45) is -2.15. The van der Waals surface area contributed by atoms with Crippen LogP contribution in [0.3, 0.4) is 0 Å². The van der Waals surface area contributed by atoms with Crippen LogP contribution in [0.15, 0.2) is 42.5 Å². The van der Waals surface area contributed by atoms with Crippen LogP contribution < -0.4 is 4.74 Å². The summed E-state index contributed by atoms with van der Waals surface area (Å²) < 4.78 is 40.5. The van der Waals surface area contributed by atoms with Gasteiger partial charge in [-0.3, -0.25) is 0 Å². The van der Waals surface area contributed by atoms with Crippen molar-refractivity contribution in [2.24, 2.45) is 0 Å². The molecule has 2 nitrogen and oxygen atoms in total. The number of aromatic nitrogens is 1. The van der Waals surface area contributed by atoms with E-state index in [0.29, 0.717) is 5.69 Å². The van der Waals surface area contributed by atoms with Crippen LogP contribution in [0.5, 0.6) is 5.75 Å². The number of benzene rings is 1. The predicted octanol–water partition coefficient (Wildman–Crippen LogP) is 3.45. The van der Waals surface area contributed by atoms with Gasteiger partial charge in [-0.15, -0.1) is 13.2 Å². The zero-order valence-electron chi connectivity index (χ0n) is 8.53. The molecular weight excluding hydrogens is 231 g/mol. The SMILES string of the molecule is FC(F)(F)Oc1ccccc1-c1ccc[c]n1. The minimum Gasteiger partial charge on any atom is -0.405 e. The smallest absolute Gasteiger partial charge is 0.405 e. The fourth-order valence-corrected chi connectivity index (χ4v) is 1.37. The molecule has 0 aliphatic heterocycles. The first kappa shape index (κ1) is 11.4. The van der Waals surface area contributed by atoms with E-state index in [1.54, 1.807) is 24.3 Å². The maximum atomic E-state index is 12.2. The van der Waals surface area contributed by atoms with Crippen LogP contribution in [0.1, 0.15) is 0 Å². The van der Waals surface area contributed by atoms with E-state index in [0.717, 1.165) is 0 Å². The van der Waals surface area contributed by atoms with Crippen molar-refractivity contribution in [2.75, 3.05) is 0 Å². The van der Waals surface area contributed by atoms with Crippen molar-refractivity contribution in [3.8, 4) is 17.0 Å². The summed E-state index contributed by atoms with van der Waals surface area (Å²) in [5.41, 5.74) is 0.661. The lowest BCUT2D eigenvalue weighted by atomic mass is 10.1. The molecule has 0 spiro atoms. The van der Waals surface area contributed by atoms with Crippen LogP contribution >= 0.6 is 0 Å². The molecule has 5 heteroatoms. The van der Waals surface area contributed by atoms with E-state index < -0.39 is 6.36 Å². The number of ether oxygens (including phenoxy) is 1. The van der Waals surface area contributed by atoms with E-state index in [9.17, 15) is 13.2 Å². The van der Waals surface area contributed by atoms with Crippen molar-refractivity contribution in [1.29, 1.82) is 0 Å². The van der Waals surface area contributed by atoms with Gasteiger partial charge in [-0.1, -0.05) is 18.2 Å². The Balaban J connectivity index is 2.41. The molecule has 0 saturated heterocycles. The van der Waals surface area contributed by atoms with Crippen molar-refractivity contribution < 1.29 is 17.9 Å². The molecule has 0 N–H and O–H groups in total. The van der Waals surface area contributed by atoms with Gasteiger partial charge >= 0.3 is 6.36 Å². The zero-order valence-corrected chi connectivity index (χ0v) is 8.53. The lowest BCUT2D eigenvalue weighted by Crippen LogP contribution is -2.17. The summed E-state index contributed by atoms with van der Waals surface area (Å²) in [6.45, 7) is 0. The van der Waals surface area contributed by atoms with Crippen molar-refractivity contribution in [3.05, 3.63) is 48.7 Å². The van der Waals surface area contributed by atoms with Crippen LogP contribution in [0.25, 0.3) is 11.3 Å². The molecule has 1 aromatic carbocycles. The van der Waals surface area contributed by atoms with Gasteiger partial charge in [0.15, 0.2) is 0 Å². The Bertz CT molecular complexity index is 497. The van der Waals surface area contributed by atoms with Gasteiger partial charge in [0.1, 0.15) is 5.75 Å². The zero-order chi connectivity index (χ0) is 12.3. The number of halogens is 3. The van der Waals surface area contributed by atoms with Gasteiger partial charge in [-0.2, -0.15) is 0 Å². The van der Waals surface area contributed by atoms with Crippen molar-refractivity contribution >= 4 is 0 Å². The van der Waals surface area contributed by atoms with Gasteiger partial charge < -0.3 is 4.74 Å². The first-order chi connectivity index (χ1) is 8.06. The van der Waals surface area contributed by atoms with Gasteiger partial charge in [0.2, 0.25) is 0 Å². The van der Waals surface area contributed by atoms with Crippen molar-refractivity contribution in [3.63, 3.8) is 0 Å². The molecule has 1 radical (unpaired) electrons. The second kappa shape index (κ2) is 4.45. The Kier molecular flexibility index (Phi) is 2.99. The lowest BCUT2D eigenvalue weighted by molar-refractivity contribution is -0.274. The summed E-state index contributed by atoms with van der Waals surface area (Å²) in [7, 11) is 0. The Morgan fingerprint density at radius 1 is 1.06 bits per heavy atom. The number of alkyl halides is 3. The van der Waals surface area contributed by atoms with Crippen LogP contribution in [-0.2, 0) is 0 Å². The Hall–Kier alpha value is -2.04. The highest BCUT2D eigenvalue weighted by atomic mass is 19.4. The van der Waals surface area contributed by atoms with Crippen LogP contribution in [-0.4, -0.2) is 11.3 Å². The molecule has 0 aliphatic rings. The molecule has 2 aromatic rings. The maximum absolute atomic E-state index is 12.2. The standard InChI is InChI=1S/C12H7F3NO/c13-12(14,15)17-11-7-2-1-5-9(11)10-6-3-4-8-16-10/h1-7H. The fourth-order valence-electron chi connectivity index (χ4n) is 1.37. The molecule has 1 heterocycles. The highest BCUT2D eigenvalue weighted by Gasteiger charge is 2.32. The lowest BCUT2D eigenvalue weighted by Gasteiger charge is -2.12. The summed E-state index contributed by atoms with van der Waals surface area (Å²) in [6, 6.07) is 10.7. The van der Waals surface area contributed by atoms with Crippen LogP contribution in [0, 0.1) is 6.20 Å². The topological polar surface area (TPSA) is 22.1 Å². The Labute approximate surface area is 95.7 Å². The summed E-state index contributed by atoms with van der Waals surface area (Å²) in [5, 5.41) is 0. The molecular formula is C12H7F3NO. The summed E-state index contributed by atoms with van der Waals surface area (Å²) in [5.74, 6) is -0.271. The highest BCUT2D eigenvalue weighted by molar-refractivity contribution is 5.66. The number of hydrogen-bond acceptors (Lipinski definition) is 2. The molecule has 0 atom stereocenters. The molecule has 0 saturated carbocycles. The third kappa shape index (κ3) is 2.96. The average molecular weight is 238 g/mol. The molecule has 0 fully saturated rings. The van der Waals surface area contributed by atoms with E-state index in [1.807, 2.05) is 0 Å². The number of para-hydroxylation sites is 1. The monoisotopic (exact) mass is 238 g/mol. The average Bonchev–Trinajstić information content (AvgIpc) is 2.29. The number of nitrogens with zero attached hydrogens (tertiary/aromatic N) is 1. The van der Waals surface area contributed by atoms with E-state index >= 15 is 0 Å². The molecule has 2 rings (SSSR count). The van der Waals surface area contributed by atoms with Crippen molar-refractivity contribution in [2.45, 2.75) is 6.36 Å². The quantitative estimate of drug-likeness (QED) is 0.799. The first-order valence-electron chi connectivity index (χ1n) is 4.74. The maximum Gasteiger partial charge on any atom is 0.573 e. The predicted molar refractivity (Wildman–Crippen MR) is 55.2 cm³/mol. The van der Waals surface area contributed by atoms with Crippen LogP contribution in [0.4, 0.5) is 13.2 Å². The van der Waals surface area contributed by atoms with E-state index in [1.165, 1.54) is 18.2 Å². The Morgan fingerprint density at radius 2 is 1.82 bits per heavy atom. The third-order valence-corrected chi connectivity index (χ3v) is 2.00. The number of rotatable bonds is 2. The molecule has 0 bridgehead atoms. The molecule has 1 aromatic heterocycles. The second-order valence-electron chi connectivity index (χ2n) is 3.20. The van der Waals surface area contributed by atoms with E-state index in [2.05, 4.69) is 15.9 Å². The second-order valence-corrected chi connectivity index (χ2v) is 3.20. The molecule has 0 amide bonds. The minimum absolute atomic E-state index is 0.271. The first-order valence-corrected chi connectivity index (χ1v) is 4.74. The molecule has 0 aliphatic carbocycles. The summed E-state index contributed by atoms with van der Waals surface area (Å²) >= 11 is 0. The van der Waals surface area contributed by atoms with Gasteiger partial charge in [0.05, 0.1) is 11.9 Å². The number of pyridine rings is 1. The molecule has 0 unspecified atom stereocenters. The number of hydrogen-bond donors (Lipinski definition) is 0. The third-order valence-electron chi connectivity index (χ3n) is 2.00. The van der Waals surface area contributed by atoms with Crippen LogP contribution in [0.2, 0.25) is 0 Å². The minimum atomic E-state index is -4.71. The summed E-state index contributed by atoms with van der Waals surface area (Å²) in [4.78, 5) is 3.87. The molecule has 87 valence electrons. The Morgan fingerprint density at radius 3 is 2.47 bits per heavy atom. The van der Waals surface area contributed by atoms with E-state index in [-0.39, 0.29) is 11.3 Å². The molecule has 17 heavy (non-hydrogen) atoms.